The van der Waals surface area contributed by atoms with Crippen LogP contribution in [-0.2, 0) is 19.9 Å². The lowest BCUT2D eigenvalue weighted by Crippen LogP contribution is -2.27. The number of hydrogen-bond donors (Lipinski definition) is 0. The second kappa shape index (κ2) is 10.8. The third kappa shape index (κ3) is 5.40. The Hall–Kier alpha value is -3.75. The fraction of sp³-hybridized carbons (Fsp3) is 0.143. The number of para-hydroxylation sites is 1. The first-order valence-electron chi connectivity index (χ1n) is 12.1. The van der Waals surface area contributed by atoms with Gasteiger partial charge in [-0.2, -0.15) is 14.7 Å². The molecule has 0 radical (unpaired) electrons. The molecule has 2 heterocycles. The van der Waals surface area contributed by atoms with Crippen LogP contribution in [0, 0.1) is 11.3 Å². The maximum atomic E-state index is 13.3. The quantitative estimate of drug-likeness (QED) is 0.274. The summed E-state index contributed by atoms with van der Waals surface area (Å²) < 4.78 is 56.0. The average Bonchev–Trinajstić information content (AvgIpc) is 3.64. The van der Waals surface area contributed by atoms with E-state index in [1.165, 1.54) is 46.8 Å². The molecule has 0 unspecified atom stereocenters. The Morgan fingerprint density at radius 3 is 2.26 bits per heavy atom. The number of nitrogens with zero attached hydrogens (tertiary/aromatic N) is 4. The maximum Gasteiger partial charge on any atom is 0.243 e. The van der Waals surface area contributed by atoms with Crippen molar-refractivity contribution in [2.24, 2.45) is 0 Å². The van der Waals surface area contributed by atoms with Gasteiger partial charge in [0.05, 0.1) is 15.5 Å². The largest absolute Gasteiger partial charge is 0.243 e. The summed E-state index contributed by atoms with van der Waals surface area (Å²) in [7, 11) is -7.85. The second-order valence-corrected chi connectivity index (χ2v) is 13.2. The average molecular weight is 579 g/mol. The molecule has 0 spiro atoms. The van der Waals surface area contributed by atoms with Crippen LogP contribution in [-0.4, -0.2) is 44.0 Å². The fourth-order valence-electron chi connectivity index (χ4n) is 4.36. The zero-order chi connectivity index (χ0) is 27.6. The van der Waals surface area contributed by atoms with Crippen molar-refractivity contribution in [3.8, 4) is 23.0 Å². The number of allylic oxidation sites excluding steroid dienone is 1. The number of rotatable bonds is 7. The van der Waals surface area contributed by atoms with Gasteiger partial charge < -0.3 is 0 Å². The van der Waals surface area contributed by atoms with Crippen molar-refractivity contribution in [1.82, 2.24) is 14.1 Å². The lowest BCUT2D eigenvalue weighted by atomic mass is 10.1. The number of sulfone groups is 1. The molecule has 3 aromatic carbocycles. The Morgan fingerprint density at radius 1 is 0.897 bits per heavy atom. The summed E-state index contributed by atoms with van der Waals surface area (Å²) >= 11 is 5.91. The lowest BCUT2D eigenvalue weighted by Gasteiger charge is -2.16. The first-order valence-corrected chi connectivity index (χ1v) is 15.4. The molecule has 1 aliphatic heterocycles. The van der Waals surface area contributed by atoms with Crippen LogP contribution in [0.4, 0.5) is 0 Å². The summed E-state index contributed by atoms with van der Waals surface area (Å²) in [6, 6.07) is 22.9. The van der Waals surface area contributed by atoms with Crippen LogP contribution in [0.5, 0.6) is 0 Å². The van der Waals surface area contributed by atoms with Crippen molar-refractivity contribution in [2.45, 2.75) is 22.6 Å². The van der Waals surface area contributed by atoms with Gasteiger partial charge >= 0.3 is 0 Å². The molecular formula is C28H23ClN4O4S2. The minimum absolute atomic E-state index is 0.0737. The monoisotopic (exact) mass is 578 g/mol. The van der Waals surface area contributed by atoms with E-state index >= 15 is 0 Å². The molecule has 0 saturated carbocycles. The van der Waals surface area contributed by atoms with Gasteiger partial charge in [0.1, 0.15) is 16.7 Å². The molecule has 4 aromatic rings. The topological polar surface area (TPSA) is 113 Å². The molecule has 0 N–H and O–H groups in total. The van der Waals surface area contributed by atoms with E-state index in [0.717, 1.165) is 12.8 Å². The van der Waals surface area contributed by atoms with Gasteiger partial charge in [0, 0.05) is 35.4 Å². The highest BCUT2D eigenvalue weighted by Gasteiger charge is 2.28. The standard InChI is InChI=1S/C28H23ClN4O4S2/c29-23-11-13-25(14-12-23)38(34,35)27(19-30)18-22-20-33(24-8-2-1-3-9-24)31-28(22)21-7-6-10-26(17-21)39(36,37)32-15-4-5-16-32/h1-3,6-14,17-18,20H,4-5,15-16H2/b27-18-. The zero-order valence-corrected chi connectivity index (χ0v) is 23.0. The zero-order valence-electron chi connectivity index (χ0n) is 20.6. The summed E-state index contributed by atoms with van der Waals surface area (Å²) in [5.74, 6) is 0. The van der Waals surface area contributed by atoms with Crippen LogP contribution in [0.1, 0.15) is 18.4 Å². The number of halogens is 1. The van der Waals surface area contributed by atoms with Gasteiger partial charge in [-0.25, -0.2) is 21.5 Å². The van der Waals surface area contributed by atoms with Crippen LogP contribution >= 0.6 is 11.6 Å². The lowest BCUT2D eigenvalue weighted by molar-refractivity contribution is 0.477. The molecule has 11 heteroatoms. The van der Waals surface area contributed by atoms with E-state index in [2.05, 4.69) is 5.10 Å². The van der Waals surface area contributed by atoms with Crippen molar-refractivity contribution < 1.29 is 16.8 Å². The molecule has 1 fully saturated rings. The van der Waals surface area contributed by atoms with E-state index in [-0.39, 0.29) is 9.79 Å². The molecule has 0 atom stereocenters. The number of nitriles is 1. The van der Waals surface area contributed by atoms with E-state index in [0.29, 0.717) is 40.6 Å². The van der Waals surface area contributed by atoms with Crippen LogP contribution in [0.3, 0.4) is 0 Å². The molecule has 1 saturated heterocycles. The highest BCUT2D eigenvalue weighted by atomic mass is 35.5. The minimum atomic E-state index is -4.16. The highest BCUT2D eigenvalue weighted by Crippen LogP contribution is 2.31. The van der Waals surface area contributed by atoms with E-state index in [4.69, 9.17) is 11.6 Å². The van der Waals surface area contributed by atoms with Crippen LogP contribution in [0.2, 0.25) is 5.02 Å². The molecule has 39 heavy (non-hydrogen) atoms. The predicted octanol–water partition coefficient (Wildman–Crippen LogP) is 5.32. The normalized spacial score (nSPS) is 14.8. The minimum Gasteiger partial charge on any atom is -0.240 e. The molecule has 5 rings (SSSR count). The van der Waals surface area contributed by atoms with Gasteiger partial charge in [-0.05, 0) is 67.4 Å². The Balaban J connectivity index is 1.65. The molecule has 0 aliphatic carbocycles. The third-order valence-electron chi connectivity index (χ3n) is 6.38. The van der Waals surface area contributed by atoms with Gasteiger partial charge in [0.2, 0.25) is 19.9 Å². The summed E-state index contributed by atoms with van der Waals surface area (Å²) in [5.41, 5.74) is 1.84. The Morgan fingerprint density at radius 2 is 1.59 bits per heavy atom. The van der Waals surface area contributed by atoms with Gasteiger partial charge in [-0.3, -0.25) is 0 Å². The van der Waals surface area contributed by atoms with Crippen molar-refractivity contribution in [3.63, 3.8) is 0 Å². The molecule has 198 valence electrons. The third-order valence-corrected chi connectivity index (χ3v) is 10.2. The molecule has 0 bridgehead atoms. The Kier molecular flexibility index (Phi) is 7.42. The number of sulfonamides is 1. The van der Waals surface area contributed by atoms with E-state index in [9.17, 15) is 22.1 Å². The molecular weight excluding hydrogens is 556 g/mol. The van der Waals surface area contributed by atoms with E-state index < -0.39 is 24.8 Å². The van der Waals surface area contributed by atoms with Gasteiger partial charge in [-0.15, -0.1) is 0 Å². The Bertz CT molecular complexity index is 1800. The smallest absolute Gasteiger partial charge is 0.240 e. The SMILES string of the molecule is N#C/C(=C/c1cn(-c2ccccc2)nc1-c1cccc(S(=O)(=O)N2CCCC2)c1)S(=O)(=O)c1ccc(Cl)cc1. The fourth-order valence-corrected chi connectivity index (χ4v) is 7.20. The number of aromatic nitrogens is 2. The molecule has 8 nitrogen and oxygen atoms in total. The summed E-state index contributed by atoms with van der Waals surface area (Å²) in [6.07, 6.45) is 4.50. The first kappa shape index (κ1) is 26.8. The molecule has 1 aliphatic rings. The number of hydrogen-bond acceptors (Lipinski definition) is 6. The van der Waals surface area contributed by atoms with Crippen LogP contribution in [0.25, 0.3) is 23.0 Å². The second-order valence-electron chi connectivity index (χ2n) is 8.93. The molecule has 0 amide bonds. The summed E-state index contributed by atoms with van der Waals surface area (Å²) in [5, 5.41) is 14.9. The van der Waals surface area contributed by atoms with Crippen molar-refractivity contribution in [2.75, 3.05) is 13.1 Å². The van der Waals surface area contributed by atoms with E-state index in [1.54, 1.807) is 29.1 Å². The first-order chi connectivity index (χ1) is 18.7. The van der Waals surface area contributed by atoms with Crippen LogP contribution in [0.15, 0.2) is 99.8 Å². The number of benzene rings is 3. The predicted molar refractivity (Wildman–Crippen MR) is 149 cm³/mol. The summed E-state index contributed by atoms with van der Waals surface area (Å²) in [4.78, 5) is -0.435. The van der Waals surface area contributed by atoms with E-state index in [1.807, 2.05) is 30.3 Å². The van der Waals surface area contributed by atoms with Gasteiger partial charge in [0.15, 0.2) is 0 Å². The molecule has 1 aromatic heterocycles. The van der Waals surface area contributed by atoms with Crippen molar-refractivity contribution >= 4 is 37.5 Å². The summed E-state index contributed by atoms with van der Waals surface area (Å²) in [6.45, 7) is 0.939. The van der Waals surface area contributed by atoms with Crippen LogP contribution < -0.4 is 0 Å². The van der Waals surface area contributed by atoms with Crippen molar-refractivity contribution in [3.05, 3.63) is 101 Å². The van der Waals surface area contributed by atoms with Crippen molar-refractivity contribution in [1.29, 1.82) is 5.26 Å². The Labute approximate surface area is 232 Å². The highest BCUT2D eigenvalue weighted by molar-refractivity contribution is 7.95. The maximum absolute atomic E-state index is 13.3. The van der Waals surface area contributed by atoms with Gasteiger partial charge in [0.25, 0.3) is 0 Å². The van der Waals surface area contributed by atoms with Gasteiger partial charge in [-0.1, -0.05) is 41.9 Å².